The molecule has 1 aromatic rings. The van der Waals surface area contributed by atoms with Crippen molar-refractivity contribution >= 4 is 22.6 Å². The number of halogens is 1. The smallest absolute Gasteiger partial charge is 0.0543 e. The molecule has 16 heavy (non-hydrogen) atoms. The molecule has 0 bridgehead atoms. The van der Waals surface area contributed by atoms with Crippen LogP contribution in [0.25, 0.3) is 0 Å². The highest BCUT2D eigenvalue weighted by Crippen LogP contribution is 2.27. The van der Waals surface area contributed by atoms with Gasteiger partial charge in [-0.1, -0.05) is 28.7 Å². The van der Waals surface area contributed by atoms with Crippen molar-refractivity contribution in [2.45, 2.75) is 42.2 Å². The molecule has 3 heteroatoms. The molecule has 2 nitrogen and oxygen atoms in total. The SMILES string of the molecule is CN(Cc1ccccn1)C1CCC(I)CC1. The van der Waals surface area contributed by atoms with Crippen LogP contribution in [0.3, 0.4) is 0 Å². The standard InChI is InChI=1S/C13H19IN2/c1-16(10-12-4-2-3-9-15-12)13-7-5-11(14)6-8-13/h2-4,9,11,13H,5-8,10H2,1H3. The minimum Gasteiger partial charge on any atom is -0.298 e. The summed E-state index contributed by atoms with van der Waals surface area (Å²) in [6.07, 6.45) is 7.31. The second kappa shape index (κ2) is 5.96. The fourth-order valence-corrected chi connectivity index (χ4v) is 3.07. The Bertz CT molecular complexity index is 307. The van der Waals surface area contributed by atoms with Gasteiger partial charge in [-0.3, -0.25) is 9.88 Å². The topological polar surface area (TPSA) is 16.1 Å². The van der Waals surface area contributed by atoms with E-state index in [1.165, 1.54) is 31.4 Å². The van der Waals surface area contributed by atoms with Gasteiger partial charge in [0.25, 0.3) is 0 Å². The zero-order chi connectivity index (χ0) is 11.4. The van der Waals surface area contributed by atoms with Crippen LogP contribution in [0.1, 0.15) is 31.4 Å². The van der Waals surface area contributed by atoms with E-state index in [-0.39, 0.29) is 0 Å². The van der Waals surface area contributed by atoms with Crippen molar-refractivity contribution in [3.63, 3.8) is 0 Å². The summed E-state index contributed by atoms with van der Waals surface area (Å²) in [6.45, 7) is 0.984. The lowest BCUT2D eigenvalue weighted by Crippen LogP contribution is -2.35. The van der Waals surface area contributed by atoms with E-state index < -0.39 is 0 Å². The third-order valence-corrected chi connectivity index (χ3v) is 4.63. The van der Waals surface area contributed by atoms with Crippen LogP contribution >= 0.6 is 22.6 Å². The maximum absolute atomic E-state index is 4.39. The van der Waals surface area contributed by atoms with Gasteiger partial charge in [0.1, 0.15) is 0 Å². The first-order valence-corrected chi connectivity index (χ1v) is 7.24. The minimum atomic E-state index is 0.757. The maximum Gasteiger partial charge on any atom is 0.0543 e. The van der Waals surface area contributed by atoms with Gasteiger partial charge in [0.05, 0.1) is 5.69 Å². The number of alkyl halides is 1. The van der Waals surface area contributed by atoms with Gasteiger partial charge in [0, 0.05) is 22.7 Å². The molecule has 0 N–H and O–H groups in total. The molecule has 0 aromatic carbocycles. The van der Waals surface area contributed by atoms with E-state index in [1.807, 2.05) is 12.3 Å². The van der Waals surface area contributed by atoms with E-state index in [9.17, 15) is 0 Å². The van der Waals surface area contributed by atoms with Crippen LogP contribution in [-0.2, 0) is 6.54 Å². The maximum atomic E-state index is 4.39. The zero-order valence-electron chi connectivity index (χ0n) is 9.77. The van der Waals surface area contributed by atoms with Crippen LogP contribution in [-0.4, -0.2) is 26.9 Å². The van der Waals surface area contributed by atoms with Crippen molar-refractivity contribution in [2.75, 3.05) is 7.05 Å². The summed E-state index contributed by atoms with van der Waals surface area (Å²) < 4.78 is 0.900. The highest BCUT2D eigenvalue weighted by Gasteiger charge is 2.22. The second-order valence-electron chi connectivity index (χ2n) is 4.64. The molecule has 0 spiro atoms. The predicted molar refractivity (Wildman–Crippen MR) is 75.8 cm³/mol. The zero-order valence-corrected chi connectivity index (χ0v) is 11.9. The lowest BCUT2D eigenvalue weighted by atomic mass is 9.94. The van der Waals surface area contributed by atoms with Crippen molar-refractivity contribution < 1.29 is 0 Å². The third-order valence-electron chi connectivity index (χ3n) is 3.39. The minimum absolute atomic E-state index is 0.757. The Labute approximate surface area is 112 Å². The quantitative estimate of drug-likeness (QED) is 0.625. The molecule has 1 aliphatic rings. The molecule has 0 atom stereocenters. The Hall–Kier alpha value is -0.160. The molecule has 0 saturated heterocycles. The van der Waals surface area contributed by atoms with Crippen LogP contribution in [0.5, 0.6) is 0 Å². The molecule has 1 heterocycles. The highest BCUT2D eigenvalue weighted by molar-refractivity contribution is 14.1. The number of hydrogen-bond acceptors (Lipinski definition) is 2. The molecule has 1 fully saturated rings. The van der Waals surface area contributed by atoms with E-state index in [4.69, 9.17) is 0 Å². The third kappa shape index (κ3) is 3.42. The second-order valence-corrected chi connectivity index (χ2v) is 6.40. The van der Waals surface area contributed by atoms with Crippen molar-refractivity contribution in [1.29, 1.82) is 0 Å². The number of aromatic nitrogens is 1. The van der Waals surface area contributed by atoms with Gasteiger partial charge in [0.15, 0.2) is 0 Å². The van der Waals surface area contributed by atoms with Crippen molar-refractivity contribution in [2.24, 2.45) is 0 Å². The Morgan fingerprint density at radius 1 is 1.31 bits per heavy atom. The molecule has 0 aliphatic heterocycles. The lowest BCUT2D eigenvalue weighted by molar-refractivity contribution is 0.186. The van der Waals surface area contributed by atoms with Gasteiger partial charge in [0.2, 0.25) is 0 Å². The largest absolute Gasteiger partial charge is 0.298 e. The van der Waals surface area contributed by atoms with E-state index in [0.717, 1.165) is 16.5 Å². The number of pyridine rings is 1. The summed E-state index contributed by atoms with van der Waals surface area (Å²) in [6, 6.07) is 6.91. The van der Waals surface area contributed by atoms with E-state index in [1.54, 1.807) is 0 Å². The monoisotopic (exact) mass is 330 g/mol. The Kier molecular flexibility index (Phi) is 4.58. The Morgan fingerprint density at radius 2 is 2.06 bits per heavy atom. The summed E-state index contributed by atoms with van der Waals surface area (Å²) in [4.78, 5) is 6.85. The molecule has 2 rings (SSSR count). The Balaban J connectivity index is 1.86. The summed E-state index contributed by atoms with van der Waals surface area (Å²) in [5.74, 6) is 0. The van der Waals surface area contributed by atoms with Crippen LogP contribution < -0.4 is 0 Å². The summed E-state index contributed by atoms with van der Waals surface area (Å²) >= 11 is 2.58. The lowest BCUT2D eigenvalue weighted by Gasteiger charge is -2.32. The van der Waals surface area contributed by atoms with Gasteiger partial charge in [-0.2, -0.15) is 0 Å². The van der Waals surface area contributed by atoms with Crippen molar-refractivity contribution in [3.05, 3.63) is 30.1 Å². The first-order chi connectivity index (χ1) is 7.75. The normalized spacial score (nSPS) is 25.9. The van der Waals surface area contributed by atoms with Crippen LogP contribution in [0.4, 0.5) is 0 Å². The van der Waals surface area contributed by atoms with Crippen molar-refractivity contribution in [3.8, 4) is 0 Å². The first-order valence-electron chi connectivity index (χ1n) is 6.00. The van der Waals surface area contributed by atoms with Gasteiger partial charge >= 0.3 is 0 Å². The molecule has 88 valence electrons. The average Bonchev–Trinajstić information content (AvgIpc) is 2.31. The highest BCUT2D eigenvalue weighted by atomic mass is 127. The number of rotatable bonds is 3. The van der Waals surface area contributed by atoms with Gasteiger partial charge in [-0.15, -0.1) is 0 Å². The predicted octanol–water partition coefficient (Wildman–Crippen LogP) is 3.26. The summed E-state index contributed by atoms with van der Waals surface area (Å²) in [5, 5.41) is 0. The molecule has 1 aliphatic carbocycles. The molecule has 1 aromatic heterocycles. The molecule has 0 unspecified atom stereocenters. The van der Waals surface area contributed by atoms with Gasteiger partial charge in [-0.25, -0.2) is 0 Å². The Morgan fingerprint density at radius 3 is 2.69 bits per heavy atom. The summed E-state index contributed by atoms with van der Waals surface area (Å²) in [5.41, 5.74) is 1.18. The van der Waals surface area contributed by atoms with Crippen molar-refractivity contribution in [1.82, 2.24) is 9.88 Å². The van der Waals surface area contributed by atoms with Gasteiger partial charge < -0.3 is 0 Å². The first kappa shape index (κ1) is 12.3. The van der Waals surface area contributed by atoms with E-state index in [2.05, 4.69) is 51.7 Å². The number of nitrogens with zero attached hydrogens (tertiary/aromatic N) is 2. The fourth-order valence-electron chi connectivity index (χ4n) is 2.35. The van der Waals surface area contributed by atoms with Crippen LogP contribution in [0.2, 0.25) is 0 Å². The molecular weight excluding hydrogens is 311 g/mol. The molecule has 0 radical (unpaired) electrons. The van der Waals surface area contributed by atoms with Gasteiger partial charge in [-0.05, 0) is 44.9 Å². The number of hydrogen-bond donors (Lipinski definition) is 0. The summed E-state index contributed by atoms with van der Waals surface area (Å²) in [7, 11) is 2.23. The fraction of sp³-hybridized carbons (Fsp3) is 0.615. The molecule has 0 amide bonds. The van der Waals surface area contributed by atoms with Crippen LogP contribution in [0, 0.1) is 0 Å². The molecule has 1 saturated carbocycles. The van der Waals surface area contributed by atoms with E-state index >= 15 is 0 Å². The van der Waals surface area contributed by atoms with Crippen LogP contribution in [0.15, 0.2) is 24.4 Å². The molecular formula is C13H19IN2. The average molecular weight is 330 g/mol. The van der Waals surface area contributed by atoms with E-state index in [0.29, 0.717) is 0 Å².